The zero-order chi connectivity index (χ0) is 16.4. The third kappa shape index (κ3) is 2.95. The molecule has 1 aromatic carbocycles. The number of aliphatic carboxylic acids is 3. The lowest BCUT2D eigenvalue weighted by molar-refractivity contribution is -0.149. The van der Waals surface area contributed by atoms with Crippen molar-refractivity contribution in [2.45, 2.75) is 31.6 Å². The van der Waals surface area contributed by atoms with Crippen molar-refractivity contribution in [3.63, 3.8) is 0 Å². The van der Waals surface area contributed by atoms with Gasteiger partial charge in [0.1, 0.15) is 0 Å². The van der Waals surface area contributed by atoms with E-state index < -0.39 is 42.1 Å². The second-order valence-electron chi connectivity index (χ2n) is 5.81. The number of hydrogen-bond donors (Lipinski definition) is 3. The molecule has 0 radical (unpaired) electrons. The molecular weight excluding hydrogens is 288 g/mol. The third-order valence-corrected chi connectivity index (χ3v) is 4.39. The number of fused-ring (bicyclic) bond motifs is 1. The second kappa shape index (κ2) is 6.17. The van der Waals surface area contributed by atoms with Crippen molar-refractivity contribution in [2.75, 3.05) is 0 Å². The average Bonchev–Trinajstić information content (AvgIpc) is 2.43. The maximum atomic E-state index is 11.5. The summed E-state index contributed by atoms with van der Waals surface area (Å²) < 4.78 is 0. The standard InChI is InChI=1S/C16H18O6/c1-8-6-11(12(15(19)20)7-13(17)18)9-4-2-3-5-10(9)14(8)16(21)22/h2-5,8,11-12,14H,6-7H2,1H3,(H,17,18)(H,19,20)(H,21,22). The van der Waals surface area contributed by atoms with Crippen LogP contribution in [-0.2, 0) is 14.4 Å². The maximum Gasteiger partial charge on any atom is 0.311 e. The summed E-state index contributed by atoms with van der Waals surface area (Å²) in [6.45, 7) is 1.77. The fraction of sp³-hybridized carbons (Fsp3) is 0.438. The molecular formula is C16H18O6. The Morgan fingerprint density at radius 2 is 1.73 bits per heavy atom. The van der Waals surface area contributed by atoms with Gasteiger partial charge in [-0.1, -0.05) is 31.2 Å². The molecule has 22 heavy (non-hydrogen) atoms. The molecule has 2 rings (SSSR count). The van der Waals surface area contributed by atoms with Crippen LogP contribution in [0.15, 0.2) is 24.3 Å². The van der Waals surface area contributed by atoms with E-state index in [-0.39, 0.29) is 5.92 Å². The van der Waals surface area contributed by atoms with E-state index in [2.05, 4.69) is 0 Å². The molecule has 1 aliphatic carbocycles. The topological polar surface area (TPSA) is 112 Å². The molecule has 0 spiro atoms. The van der Waals surface area contributed by atoms with Crippen LogP contribution in [-0.4, -0.2) is 33.2 Å². The van der Waals surface area contributed by atoms with Crippen molar-refractivity contribution in [3.8, 4) is 0 Å². The van der Waals surface area contributed by atoms with Crippen LogP contribution >= 0.6 is 0 Å². The number of carboxylic acid groups (broad SMARTS) is 3. The minimum Gasteiger partial charge on any atom is -0.481 e. The van der Waals surface area contributed by atoms with Crippen molar-refractivity contribution < 1.29 is 29.7 Å². The highest BCUT2D eigenvalue weighted by Crippen LogP contribution is 2.46. The molecule has 0 heterocycles. The van der Waals surface area contributed by atoms with Crippen LogP contribution in [0.25, 0.3) is 0 Å². The van der Waals surface area contributed by atoms with Crippen molar-refractivity contribution in [2.24, 2.45) is 11.8 Å². The predicted molar refractivity (Wildman–Crippen MR) is 76.7 cm³/mol. The van der Waals surface area contributed by atoms with Gasteiger partial charge >= 0.3 is 17.9 Å². The summed E-state index contributed by atoms with van der Waals surface area (Å²) in [5.74, 6) is -5.77. The normalized spacial score (nSPS) is 25.0. The molecule has 4 unspecified atom stereocenters. The van der Waals surface area contributed by atoms with Gasteiger partial charge in [-0.15, -0.1) is 0 Å². The van der Waals surface area contributed by atoms with E-state index in [1.54, 1.807) is 31.2 Å². The SMILES string of the molecule is CC1CC(C(CC(=O)O)C(=O)O)c2ccccc2C1C(=O)O. The first-order valence-electron chi connectivity index (χ1n) is 7.09. The number of hydrogen-bond acceptors (Lipinski definition) is 3. The largest absolute Gasteiger partial charge is 0.481 e. The second-order valence-corrected chi connectivity index (χ2v) is 5.81. The van der Waals surface area contributed by atoms with Crippen LogP contribution in [0.4, 0.5) is 0 Å². The van der Waals surface area contributed by atoms with Crippen LogP contribution in [0.5, 0.6) is 0 Å². The van der Waals surface area contributed by atoms with Gasteiger partial charge in [0.25, 0.3) is 0 Å². The fourth-order valence-electron chi connectivity index (χ4n) is 3.45. The number of carbonyl (C=O) groups is 3. The Morgan fingerprint density at radius 3 is 2.23 bits per heavy atom. The molecule has 0 saturated heterocycles. The highest BCUT2D eigenvalue weighted by molar-refractivity contribution is 5.81. The first-order chi connectivity index (χ1) is 10.3. The Morgan fingerprint density at radius 1 is 1.14 bits per heavy atom. The van der Waals surface area contributed by atoms with Gasteiger partial charge in [0.2, 0.25) is 0 Å². The zero-order valence-corrected chi connectivity index (χ0v) is 12.1. The van der Waals surface area contributed by atoms with Gasteiger partial charge in [-0.3, -0.25) is 14.4 Å². The summed E-state index contributed by atoms with van der Waals surface area (Å²) in [6, 6.07) is 6.84. The van der Waals surface area contributed by atoms with Crippen LogP contribution in [0.1, 0.15) is 42.7 Å². The molecule has 0 aromatic heterocycles. The molecule has 0 amide bonds. The summed E-state index contributed by atoms with van der Waals surface area (Å²) in [7, 11) is 0. The van der Waals surface area contributed by atoms with E-state index in [9.17, 15) is 24.6 Å². The van der Waals surface area contributed by atoms with Gasteiger partial charge in [0.05, 0.1) is 18.3 Å². The number of benzene rings is 1. The van der Waals surface area contributed by atoms with Crippen LogP contribution in [0, 0.1) is 11.8 Å². The maximum absolute atomic E-state index is 11.5. The Bertz CT molecular complexity index is 608. The van der Waals surface area contributed by atoms with Crippen LogP contribution in [0.2, 0.25) is 0 Å². The van der Waals surface area contributed by atoms with E-state index >= 15 is 0 Å². The average molecular weight is 306 g/mol. The molecule has 0 aliphatic heterocycles. The molecule has 1 aliphatic rings. The molecule has 3 N–H and O–H groups in total. The van der Waals surface area contributed by atoms with E-state index in [4.69, 9.17) is 5.11 Å². The van der Waals surface area contributed by atoms with Crippen molar-refractivity contribution >= 4 is 17.9 Å². The van der Waals surface area contributed by atoms with Gasteiger partial charge in [-0.05, 0) is 29.4 Å². The number of carboxylic acids is 3. The van der Waals surface area contributed by atoms with Gasteiger partial charge < -0.3 is 15.3 Å². The van der Waals surface area contributed by atoms with Gasteiger partial charge in [-0.25, -0.2) is 0 Å². The van der Waals surface area contributed by atoms with Crippen LogP contribution < -0.4 is 0 Å². The highest BCUT2D eigenvalue weighted by Gasteiger charge is 2.42. The summed E-state index contributed by atoms with van der Waals surface area (Å²) in [5, 5.41) is 27.8. The van der Waals surface area contributed by atoms with Crippen molar-refractivity contribution in [3.05, 3.63) is 35.4 Å². The number of rotatable bonds is 5. The van der Waals surface area contributed by atoms with Gasteiger partial charge in [0.15, 0.2) is 0 Å². The van der Waals surface area contributed by atoms with E-state index in [0.717, 1.165) is 0 Å². The summed E-state index contributed by atoms with van der Waals surface area (Å²) in [5.41, 5.74) is 1.23. The zero-order valence-electron chi connectivity index (χ0n) is 12.1. The third-order valence-electron chi connectivity index (χ3n) is 4.39. The lowest BCUT2D eigenvalue weighted by atomic mass is 9.66. The minimum atomic E-state index is -1.17. The molecule has 0 bridgehead atoms. The summed E-state index contributed by atoms with van der Waals surface area (Å²) in [4.78, 5) is 34.0. The molecule has 0 saturated carbocycles. The highest BCUT2D eigenvalue weighted by atomic mass is 16.4. The predicted octanol–water partition coefficient (Wildman–Crippen LogP) is 2.15. The van der Waals surface area contributed by atoms with Crippen molar-refractivity contribution in [1.82, 2.24) is 0 Å². The molecule has 6 heteroatoms. The summed E-state index contributed by atoms with van der Waals surface area (Å²) in [6.07, 6.45) is -0.128. The fourth-order valence-corrected chi connectivity index (χ4v) is 3.45. The molecule has 6 nitrogen and oxygen atoms in total. The molecule has 4 atom stereocenters. The van der Waals surface area contributed by atoms with E-state index in [0.29, 0.717) is 17.5 Å². The smallest absolute Gasteiger partial charge is 0.311 e. The lowest BCUT2D eigenvalue weighted by Crippen LogP contribution is -2.34. The first-order valence-corrected chi connectivity index (χ1v) is 7.09. The van der Waals surface area contributed by atoms with Crippen molar-refractivity contribution in [1.29, 1.82) is 0 Å². The monoisotopic (exact) mass is 306 g/mol. The molecule has 118 valence electrons. The van der Waals surface area contributed by atoms with E-state index in [1.165, 1.54) is 0 Å². The Hall–Kier alpha value is -2.37. The van der Waals surface area contributed by atoms with E-state index in [1.807, 2.05) is 0 Å². The molecule has 1 aromatic rings. The Balaban J connectivity index is 2.49. The molecule has 0 fully saturated rings. The Labute approximate surface area is 127 Å². The quantitative estimate of drug-likeness (QED) is 0.768. The van der Waals surface area contributed by atoms with Crippen LogP contribution in [0.3, 0.4) is 0 Å². The van der Waals surface area contributed by atoms with Gasteiger partial charge in [-0.2, -0.15) is 0 Å². The minimum absolute atomic E-state index is 0.256. The van der Waals surface area contributed by atoms with Gasteiger partial charge in [0, 0.05) is 0 Å². The lowest BCUT2D eigenvalue weighted by Gasteiger charge is -2.36. The Kier molecular flexibility index (Phi) is 4.49. The first kappa shape index (κ1) is 16.0. The summed E-state index contributed by atoms with van der Waals surface area (Å²) >= 11 is 0.